The Morgan fingerprint density at radius 2 is 2.12 bits per heavy atom. The van der Waals surface area contributed by atoms with Gasteiger partial charge >= 0.3 is 0 Å². The molecule has 0 atom stereocenters. The Balaban J connectivity index is 2.03. The van der Waals surface area contributed by atoms with E-state index in [2.05, 4.69) is 20.2 Å². The highest BCUT2D eigenvalue weighted by Gasteiger charge is 2.22. The minimum absolute atomic E-state index is 0.190. The molecule has 1 N–H and O–H groups in total. The Kier molecular flexibility index (Phi) is 4.18. The van der Waals surface area contributed by atoms with Gasteiger partial charge in [-0.3, -0.25) is 4.90 Å². The number of rotatable bonds is 3. The maximum atomic E-state index is 9.02. The van der Waals surface area contributed by atoms with Crippen molar-refractivity contribution in [3.8, 4) is 6.07 Å². The number of hydrogen-bond donors (Lipinski definition) is 1. The van der Waals surface area contributed by atoms with Gasteiger partial charge in [0.15, 0.2) is 5.15 Å². The molecule has 1 aliphatic heterocycles. The molecule has 0 aromatic carbocycles. The van der Waals surface area contributed by atoms with E-state index in [1.807, 2.05) is 0 Å². The number of piperazine rings is 1. The highest BCUT2D eigenvalue weighted by Crippen LogP contribution is 2.31. The fourth-order valence-electron chi connectivity index (χ4n) is 1.89. The molecule has 1 fully saturated rings. The SMILES string of the molecule is N#Cc1c(Cl)nsc1N1CCN(CCO)CC1. The number of aliphatic hydroxyl groups is 1. The summed E-state index contributed by atoms with van der Waals surface area (Å²) in [7, 11) is 0. The van der Waals surface area contributed by atoms with Crippen molar-refractivity contribution in [1.82, 2.24) is 9.27 Å². The smallest absolute Gasteiger partial charge is 0.162 e. The first kappa shape index (κ1) is 12.6. The fourth-order valence-corrected chi connectivity index (χ4v) is 2.97. The van der Waals surface area contributed by atoms with Gasteiger partial charge in [0, 0.05) is 32.7 Å². The molecule has 5 nitrogen and oxygen atoms in total. The average molecular weight is 273 g/mol. The van der Waals surface area contributed by atoms with Crippen LogP contribution in [0.15, 0.2) is 0 Å². The predicted molar refractivity (Wildman–Crippen MR) is 67.6 cm³/mol. The third-order valence-corrected chi connectivity index (χ3v) is 4.10. The highest BCUT2D eigenvalue weighted by molar-refractivity contribution is 7.10. The Labute approximate surface area is 109 Å². The van der Waals surface area contributed by atoms with Crippen LogP contribution in [0.3, 0.4) is 0 Å². The van der Waals surface area contributed by atoms with Crippen molar-refractivity contribution in [2.75, 3.05) is 44.2 Å². The van der Waals surface area contributed by atoms with Gasteiger partial charge in [0.2, 0.25) is 0 Å². The number of hydrogen-bond acceptors (Lipinski definition) is 6. The molecule has 0 radical (unpaired) electrons. The van der Waals surface area contributed by atoms with Crippen LogP contribution < -0.4 is 4.90 Å². The first-order valence-electron chi connectivity index (χ1n) is 5.39. The number of halogens is 1. The molecule has 1 aromatic rings. The van der Waals surface area contributed by atoms with Crippen LogP contribution >= 0.6 is 23.1 Å². The summed E-state index contributed by atoms with van der Waals surface area (Å²) in [6.07, 6.45) is 0. The van der Waals surface area contributed by atoms with E-state index in [0.29, 0.717) is 17.3 Å². The van der Waals surface area contributed by atoms with Crippen LogP contribution in [-0.2, 0) is 0 Å². The molecule has 0 amide bonds. The minimum Gasteiger partial charge on any atom is -0.395 e. The number of aliphatic hydroxyl groups excluding tert-OH is 1. The molecule has 0 aliphatic carbocycles. The Hall–Kier alpha value is -0.870. The van der Waals surface area contributed by atoms with E-state index >= 15 is 0 Å². The number of nitriles is 1. The van der Waals surface area contributed by atoms with Crippen molar-refractivity contribution in [2.24, 2.45) is 0 Å². The zero-order valence-corrected chi connectivity index (χ0v) is 10.8. The maximum Gasteiger partial charge on any atom is 0.162 e. The lowest BCUT2D eigenvalue weighted by molar-refractivity contribution is 0.189. The lowest BCUT2D eigenvalue weighted by atomic mass is 10.3. The number of β-amino-alcohol motifs (C(OH)–C–C–N with tert-alkyl or cyclic N) is 1. The maximum absolute atomic E-state index is 9.02. The van der Waals surface area contributed by atoms with E-state index in [0.717, 1.165) is 31.2 Å². The van der Waals surface area contributed by atoms with Gasteiger partial charge in [-0.2, -0.15) is 9.64 Å². The van der Waals surface area contributed by atoms with E-state index in [-0.39, 0.29) is 6.61 Å². The van der Waals surface area contributed by atoms with Crippen LogP contribution in [0.25, 0.3) is 0 Å². The molecule has 2 heterocycles. The zero-order valence-electron chi connectivity index (χ0n) is 9.26. The zero-order chi connectivity index (χ0) is 12.3. The first-order chi connectivity index (χ1) is 8.26. The van der Waals surface area contributed by atoms with E-state index in [9.17, 15) is 0 Å². The van der Waals surface area contributed by atoms with Gasteiger partial charge in [-0.25, -0.2) is 0 Å². The molecule has 2 rings (SSSR count). The first-order valence-corrected chi connectivity index (χ1v) is 6.55. The van der Waals surface area contributed by atoms with Crippen molar-refractivity contribution in [1.29, 1.82) is 5.26 Å². The number of nitrogens with zero attached hydrogens (tertiary/aromatic N) is 4. The molecule has 1 aliphatic rings. The Bertz CT molecular complexity index is 422. The molecular formula is C10H13ClN4OS. The fraction of sp³-hybridized carbons (Fsp3) is 0.600. The lowest BCUT2D eigenvalue weighted by Crippen LogP contribution is -2.47. The van der Waals surface area contributed by atoms with Gasteiger partial charge in [0.05, 0.1) is 6.61 Å². The largest absolute Gasteiger partial charge is 0.395 e. The topological polar surface area (TPSA) is 63.4 Å². The van der Waals surface area contributed by atoms with Crippen molar-refractivity contribution in [3.05, 3.63) is 10.7 Å². The van der Waals surface area contributed by atoms with E-state index in [4.69, 9.17) is 22.0 Å². The summed E-state index contributed by atoms with van der Waals surface area (Å²) in [5.41, 5.74) is 0.479. The number of anilines is 1. The van der Waals surface area contributed by atoms with Crippen molar-refractivity contribution < 1.29 is 5.11 Å². The molecule has 0 bridgehead atoms. The lowest BCUT2D eigenvalue weighted by Gasteiger charge is -2.34. The summed E-state index contributed by atoms with van der Waals surface area (Å²) in [5.74, 6) is 0. The van der Waals surface area contributed by atoms with Crippen LogP contribution in [0, 0.1) is 11.3 Å². The summed E-state index contributed by atoms with van der Waals surface area (Å²) in [6, 6.07) is 2.10. The Morgan fingerprint density at radius 3 is 2.71 bits per heavy atom. The van der Waals surface area contributed by atoms with Crippen LogP contribution in [-0.4, -0.2) is 53.7 Å². The van der Waals surface area contributed by atoms with Crippen molar-refractivity contribution in [3.63, 3.8) is 0 Å². The molecular weight excluding hydrogens is 260 g/mol. The second kappa shape index (κ2) is 5.65. The normalized spacial score (nSPS) is 17.1. The van der Waals surface area contributed by atoms with E-state index in [1.54, 1.807) is 0 Å². The van der Waals surface area contributed by atoms with Crippen LogP contribution in [0.4, 0.5) is 5.00 Å². The van der Waals surface area contributed by atoms with Gasteiger partial charge < -0.3 is 10.0 Å². The van der Waals surface area contributed by atoms with Gasteiger partial charge in [0.25, 0.3) is 0 Å². The highest BCUT2D eigenvalue weighted by atomic mass is 35.5. The summed E-state index contributed by atoms with van der Waals surface area (Å²) in [4.78, 5) is 4.33. The second-order valence-corrected chi connectivity index (χ2v) is 4.93. The van der Waals surface area contributed by atoms with Gasteiger partial charge in [-0.15, -0.1) is 0 Å². The molecule has 1 aromatic heterocycles. The minimum atomic E-state index is 0.190. The third-order valence-electron chi connectivity index (χ3n) is 2.82. The summed E-state index contributed by atoms with van der Waals surface area (Å²) in [6.45, 7) is 4.36. The summed E-state index contributed by atoms with van der Waals surface area (Å²) < 4.78 is 4.01. The molecule has 0 unspecified atom stereocenters. The van der Waals surface area contributed by atoms with Crippen molar-refractivity contribution in [2.45, 2.75) is 0 Å². The van der Waals surface area contributed by atoms with Crippen LogP contribution in [0.2, 0.25) is 5.15 Å². The average Bonchev–Trinajstić information content (AvgIpc) is 2.72. The third kappa shape index (κ3) is 2.69. The summed E-state index contributed by atoms with van der Waals surface area (Å²) >= 11 is 7.12. The van der Waals surface area contributed by atoms with Gasteiger partial charge in [-0.1, -0.05) is 11.6 Å². The molecule has 0 spiro atoms. The summed E-state index contributed by atoms with van der Waals surface area (Å²) in [5, 5.41) is 19.0. The Morgan fingerprint density at radius 1 is 1.41 bits per heavy atom. The molecule has 92 valence electrons. The standard InChI is InChI=1S/C10H13ClN4OS/c11-9-8(7-12)10(17-13-9)15-3-1-14(2-4-15)5-6-16/h16H,1-6H2. The molecule has 7 heteroatoms. The van der Waals surface area contributed by atoms with Crippen molar-refractivity contribution >= 4 is 28.1 Å². The van der Waals surface area contributed by atoms with E-state index in [1.165, 1.54) is 11.5 Å². The monoisotopic (exact) mass is 272 g/mol. The van der Waals surface area contributed by atoms with Crippen LogP contribution in [0.1, 0.15) is 5.56 Å². The van der Waals surface area contributed by atoms with Gasteiger partial charge in [0.1, 0.15) is 16.6 Å². The second-order valence-electron chi connectivity index (χ2n) is 3.82. The predicted octanol–water partition coefficient (Wildman–Crippen LogP) is 0.782. The molecule has 0 saturated carbocycles. The van der Waals surface area contributed by atoms with E-state index < -0.39 is 0 Å². The number of aromatic nitrogens is 1. The molecule has 17 heavy (non-hydrogen) atoms. The van der Waals surface area contributed by atoms with Crippen LogP contribution in [0.5, 0.6) is 0 Å². The quantitative estimate of drug-likeness (QED) is 0.881. The van der Waals surface area contributed by atoms with Gasteiger partial charge in [-0.05, 0) is 11.5 Å². The molecule has 1 saturated heterocycles.